The monoisotopic (exact) mass is 463 g/mol. The van der Waals surface area contributed by atoms with Gasteiger partial charge in [0.05, 0.1) is 32.8 Å². The van der Waals surface area contributed by atoms with E-state index in [1.807, 2.05) is 0 Å². The predicted molar refractivity (Wildman–Crippen MR) is 134 cm³/mol. The first-order chi connectivity index (χ1) is 16.7. The summed E-state index contributed by atoms with van der Waals surface area (Å²) in [7, 11) is 0. The van der Waals surface area contributed by atoms with Gasteiger partial charge in [-0.3, -0.25) is 4.79 Å². The number of benzene rings is 1. The van der Waals surface area contributed by atoms with Crippen molar-refractivity contribution >= 4 is 0 Å². The number of likely N-dealkylation sites (tertiary alicyclic amines) is 1. The van der Waals surface area contributed by atoms with E-state index in [9.17, 15) is 4.79 Å². The summed E-state index contributed by atoms with van der Waals surface area (Å²) < 4.78 is 7.70. The number of piperidine rings is 1. The van der Waals surface area contributed by atoms with E-state index in [2.05, 4.69) is 41.0 Å². The average molecular weight is 464 g/mol. The van der Waals surface area contributed by atoms with Crippen molar-refractivity contribution in [3.63, 3.8) is 0 Å². The molecule has 1 aromatic carbocycles. The zero-order valence-electron chi connectivity index (χ0n) is 20.6. The first kappa shape index (κ1) is 22.5. The van der Waals surface area contributed by atoms with Crippen molar-refractivity contribution in [3.05, 3.63) is 58.0 Å². The topological polar surface area (TPSA) is 40.1 Å². The maximum Gasteiger partial charge on any atom is 0.258 e. The molecule has 34 heavy (non-hydrogen) atoms. The number of aromatic nitrogens is 1. The molecule has 2 saturated heterocycles. The Hall–Kier alpha value is -1.95. The van der Waals surface area contributed by atoms with Crippen LogP contribution in [0.3, 0.4) is 0 Å². The molecule has 5 heteroatoms. The summed E-state index contributed by atoms with van der Waals surface area (Å²) in [5, 5.41) is 0. The lowest BCUT2D eigenvalue weighted by Gasteiger charge is -2.41. The third-order valence-electron chi connectivity index (χ3n) is 9.05. The van der Waals surface area contributed by atoms with Gasteiger partial charge in [0.2, 0.25) is 0 Å². The molecule has 2 N–H and O–H groups in total. The lowest BCUT2D eigenvalue weighted by Crippen LogP contribution is -3.15. The molecule has 2 bridgehead atoms. The molecule has 182 valence electrons. The highest BCUT2D eigenvalue weighted by atomic mass is 16.5. The van der Waals surface area contributed by atoms with Crippen molar-refractivity contribution < 1.29 is 14.5 Å². The van der Waals surface area contributed by atoms with E-state index in [0.717, 1.165) is 56.4 Å². The lowest BCUT2D eigenvalue weighted by atomic mass is 9.81. The summed E-state index contributed by atoms with van der Waals surface area (Å²) in [4.78, 5) is 17.2. The second kappa shape index (κ2) is 9.96. The standard InChI is InChI=1S/C29H39N3O2/c33-29-27(26-9-5-4-8-24(26)20-30-12-14-34-15-13-30)10-11-28-25-16-23(19-32(28)29)18-31(21-25)17-22-6-2-1-3-7-22/h4-5,8-11,22-23,25H,1-3,6-7,12-21H2/p+2/t23-,25+/m0/s1. The Labute approximate surface area is 203 Å². The largest absolute Gasteiger partial charge is 0.370 e. The van der Waals surface area contributed by atoms with E-state index in [1.165, 1.54) is 69.4 Å². The number of hydrogen-bond donors (Lipinski definition) is 2. The first-order valence-electron chi connectivity index (χ1n) is 13.8. The van der Waals surface area contributed by atoms with Crippen molar-refractivity contribution in [2.45, 2.75) is 57.5 Å². The minimum Gasteiger partial charge on any atom is -0.370 e. The molecule has 6 rings (SSSR count). The van der Waals surface area contributed by atoms with Crippen LogP contribution < -0.4 is 15.4 Å². The van der Waals surface area contributed by atoms with Crippen LogP contribution in [0.15, 0.2) is 41.2 Å². The summed E-state index contributed by atoms with van der Waals surface area (Å²) in [6, 6.07) is 13.0. The molecule has 3 atom stereocenters. The third kappa shape index (κ3) is 4.62. The number of nitrogens with one attached hydrogen (secondary N) is 2. The normalized spacial score (nSPS) is 27.9. The Balaban J connectivity index is 1.24. The fourth-order valence-electron chi connectivity index (χ4n) is 7.38. The number of fused-ring (bicyclic) bond motifs is 4. The number of ether oxygens (including phenoxy) is 1. The van der Waals surface area contributed by atoms with Gasteiger partial charge in [-0.05, 0) is 37.0 Å². The highest BCUT2D eigenvalue weighted by Crippen LogP contribution is 2.32. The van der Waals surface area contributed by atoms with Crippen LogP contribution in [-0.2, 0) is 17.8 Å². The second-order valence-electron chi connectivity index (χ2n) is 11.4. The maximum atomic E-state index is 13.8. The van der Waals surface area contributed by atoms with E-state index < -0.39 is 0 Å². The Bertz CT molecular complexity index is 1050. The van der Waals surface area contributed by atoms with E-state index in [1.54, 1.807) is 9.80 Å². The van der Waals surface area contributed by atoms with Crippen LogP contribution in [0.25, 0.3) is 11.1 Å². The SMILES string of the molecule is O=c1c(-c2ccccc2C[NH+]2CCOCC2)ccc2n1C[C@H]1C[C@@H]2C[NH+](CC2CCCCC2)C1. The number of rotatable bonds is 5. The Morgan fingerprint density at radius 3 is 2.59 bits per heavy atom. The van der Waals surface area contributed by atoms with Gasteiger partial charge in [-0.15, -0.1) is 0 Å². The van der Waals surface area contributed by atoms with Crippen molar-refractivity contribution in [1.82, 2.24) is 4.57 Å². The molecule has 1 unspecified atom stereocenters. The van der Waals surface area contributed by atoms with Crippen LogP contribution in [-0.4, -0.2) is 50.5 Å². The van der Waals surface area contributed by atoms with Crippen molar-refractivity contribution in [1.29, 1.82) is 0 Å². The highest BCUT2D eigenvalue weighted by Gasteiger charge is 2.38. The van der Waals surface area contributed by atoms with Gasteiger partial charge in [0.15, 0.2) is 0 Å². The van der Waals surface area contributed by atoms with Crippen molar-refractivity contribution in [2.75, 3.05) is 45.9 Å². The van der Waals surface area contributed by atoms with Crippen LogP contribution in [0.5, 0.6) is 0 Å². The molecular formula is C29H41N3O2+2. The lowest BCUT2D eigenvalue weighted by molar-refractivity contribution is -0.921. The van der Waals surface area contributed by atoms with E-state index in [0.29, 0.717) is 11.8 Å². The molecule has 0 radical (unpaired) electrons. The molecule has 4 heterocycles. The van der Waals surface area contributed by atoms with Gasteiger partial charge in [0, 0.05) is 41.1 Å². The fraction of sp³-hybridized carbons (Fsp3) is 0.621. The molecule has 1 aromatic heterocycles. The number of quaternary nitrogens is 2. The quantitative estimate of drug-likeness (QED) is 0.706. The average Bonchev–Trinajstić information content (AvgIpc) is 2.87. The molecule has 1 aliphatic carbocycles. The summed E-state index contributed by atoms with van der Waals surface area (Å²) >= 11 is 0. The van der Waals surface area contributed by atoms with Crippen molar-refractivity contribution in [3.8, 4) is 11.1 Å². The zero-order valence-corrected chi connectivity index (χ0v) is 20.6. The van der Waals surface area contributed by atoms with E-state index >= 15 is 0 Å². The number of morpholine rings is 1. The number of hydrogen-bond acceptors (Lipinski definition) is 2. The third-order valence-corrected chi connectivity index (χ3v) is 9.05. The second-order valence-corrected chi connectivity index (χ2v) is 11.4. The predicted octanol–water partition coefficient (Wildman–Crippen LogP) is 1.51. The molecule has 5 nitrogen and oxygen atoms in total. The first-order valence-corrected chi connectivity index (χ1v) is 13.8. The minimum atomic E-state index is 0.229. The molecular weight excluding hydrogens is 422 g/mol. The zero-order chi connectivity index (χ0) is 22.9. The highest BCUT2D eigenvalue weighted by molar-refractivity contribution is 5.66. The summed E-state index contributed by atoms with van der Waals surface area (Å²) in [5.41, 5.74) is 4.83. The van der Waals surface area contributed by atoms with Gasteiger partial charge < -0.3 is 19.1 Å². The van der Waals surface area contributed by atoms with Crippen LogP contribution in [0.2, 0.25) is 0 Å². The molecule has 2 aromatic rings. The number of nitrogens with zero attached hydrogens (tertiary/aromatic N) is 1. The van der Waals surface area contributed by atoms with Crippen molar-refractivity contribution in [2.24, 2.45) is 11.8 Å². The summed E-state index contributed by atoms with van der Waals surface area (Å²) in [5.74, 6) is 2.11. The van der Waals surface area contributed by atoms with Gasteiger partial charge in [0.1, 0.15) is 19.6 Å². The molecule has 3 fully saturated rings. The van der Waals surface area contributed by atoms with E-state index in [-0.39, 0.29) is 5.56 Å². The van der Waals surface area contributed by atoms with Gasteiger partial charge in [0.25, 0.3) is 5.56 Å². The maximum absolute atomic E-state index is 13.8. The smallest absolute Gasteiger partial charge is 0.258 e. The Kier molecular flexibility index (Phi) is 6.60. The Morgan fingerprint density at radius 1 is 0.912 bits per heavy atom. The van der Waals surface area contributed by atoms with Crippen LogP contribution in [0.1, 0.15) is 55.7 Å². The van der Waals surface area contributed by atoms with Gasteiger partial charge >= 0.3 is 0 Å². The molecule has 0 spiro atoms. The fourth-order valence-corrected chi connectivity index (χ4v) is 7.38. The summed E-state index contributed by atoms with van der Waals surface area (Å²) in [6.45, 7) is 9.44. The van der Waals surface area contributed by atoms with Gasteiger partial charge in [-0.25, -0.2) is 0 Å². The molecule has 4 aliphatic rings. The van der Waals surface area contributed by atoms with E-state index in [4.69, 9.17) is 4.74 Å². The summed E-state index contributed by atoms with van der Waals surface area (Å²) in [6.07, 6.45) is 8.44. The van der Waals surface area contributed by atoms with Crippen LogP contribution in [0, 0.1) is 11.8 Å². The molecule has 3 aliphatic heterocycles. The van der Waals surface area contributed by atoms with Gasteiger partial charge in [-0.1, -0.05) is 43.5 Å². The Morgan fingerprint density at radius 2 is 1.74 bits per heavy atom. The molecule has 0 amide bonds. The molecule has 1 saturated carbocycles. The van der Waals surface area contributed by atoms with Crippen LogP contribution >= 0.6 is 0 Å². The minimum absolute atomic E-state index is 0.229. The number of pyridine rings is 1. The van der Waals surface area contributed by atoms with Crippen LogP contribution in [0.4, 0.5) is 0 Å². The van der Waals surface area contributed by atoms with Gasteiger partial charge in [-0.2, -0.15) is 0 Å².